The van der Waals surface area contributed by atoms with Gasteiger partial charge in [0.05, 0.1) is 28.7 Å². The van der Waals surface area contributed by atoms with Crippen LogP contribution in [0.15, 0.2) is 30.5 Å². The molecule has 2 amide bonds. The summed E-state index contributed by atoms with van der Waals surface area (Å²) in [5, 5.41) is 7.47. The first-order chi connectivity index (χ1) is 15.9. The number of benzene rings is 1. The summed E-state index contributed by atoms with van der Waals surface area (Å²) in [5.41, 5.74) is 7.41. The molecule has 0 atom stereocenters. The molecule has 2 aliphatic rings. The highest BCUT2D eigenvalue weighted by atomic mass is 16.2. The van der Waals surface area contributed by atoms with Gasteiger partial charge in [-0.2, -0.15) is 5.10 Å². The lowest BCUT2D eigenvalue weighted by Crippen LogP contribution is -2.36. The Hall–Kier alpha value is -3.65. The van der Waals surface area contributed by atoms with Gasteiger partial charge in [0.25, 0.3) is 11.8 Å². The van der Waals surface area contributed by atoms with Crippen LogP contribution < -0.4 is 5.32 Å². The lowest BCUT2D eigenvalue weighted by atomic mass is 9.98. The standard InChI is InChI=1S/C25H28N6O2/c1-5-31-9-8-29(3)25(33)19-10-15(2)27-22(19)12-18-17-11-16(6-7-21(17)28-24(18)32)20-13-26-30(4)23(20)14-31/h6-7,10-13,27H,5,8-9,14H2,1-4H3,(H,28,32)/b18-12-. The molecule has 33 heavy (non-hydrogen) atoms. The number of hydrogen-bond donors (Lipinski definition) is 2. The van der Waals surface area contributed by atoms with Crippen LogP contribution in [0.3, 0.4) is 0 Å². The van der Waals surface area contributed by atoms with Gasteiger partial charge in [-0.15, -0.1) is 0 Å². The molecule has 5 rings (SSSR count). The minimum absolute atomic E-state index is 0.0641. The number of carbonyl (C=O) groups is 2. The molecule has 2 aliphatic heterocycles. The topological polar surface area (TPSA) is 86.3 Å². The third kappa shape index (κ3) is 3.66. The zero-order valence-electron chi connectivity index (χ0n) is 19.4. The molecule has 8 nitrogen and oxygen atoms in total. The molecule has 2 bridgehead atoms. The van der Waals surface area contributed by atoms with Gasteiger partial charge in [0.1, 0.15) is 0 Å². The molecule has 0 unspecified atom stereocenters. The maximum atomic E-state index is 13.3. The van der Waals surface area contributed by atoms with Crippen LogP contribution in [0.4, 0.5) is 5.69 Å². The lowest BCUT2D eigenvalue weighted by Gasteiger charge is -2.25. The molecular formula is C25H28N6O2. The molecule has 2 N–H and O–H groups in total. The Morgan fingerprint density at radius 3 is 2.67 bits per heavy atom. The minimum atomic E-state index is -0.172. The number of aryl methyl sites for hydroxylation is 2. The number of carbonyl (C=O) groups excluding carboxylic acids is 2. The SMILES string of the molecule is CCN1CCN(C)C(=O)c2cc(C)[nH]c2/C=C2\C(=O)Nc3ccc(cc32)-c2cnn(C)c2C1. The van der Waals surface area contributed by atoms with E-state index in [2.05, 4.69) is 27.2 Å². The van der Waals surface area contributed by atoms with Crippen LogP contribution in [0.5, 0.6) is 0 Å². The monoisotopic (exact) mass is 444 g/mol. The van der Waals surface area contributed by atoms with Gasteiger partial charge in [0.2, 0.25) is 0 Å². The van der Waals surface area contributed by atoms with E-state index in [1.54, 1.807) is 11.0 Å². The number of anilines is 1. The summed E-state index contributed by atoms with van der Waals surface area (Å²) in [4.78, 5) is 33.5. The molecule has 0 saturated heterocycles. The lowest BCUT2D eigenvalue weighted by molar-refractivity contribution is -0.110. The highest BCUT2D eigenvalue weighted by molar-refractivity contribution is 6.35. The fourth-order valence-electron chi connectivity index (χ4n) is 4.59. The van der Waals surface area contributed by atoms with E-state index in [-0.39, 0.29) is 11.8 Å². The van der Waals surface area contributed by atoms with E-state index in [0.29, 0.717) is 23.4 Å². The van der Waals surface area contributed by atoms with E-state index < -0.39 is 0 Å². The van der Waals surface area contributed by atoms with Crippen LogP contribution in [-0.4, -0.2) is 63.1 Å². The van der Waals surface area contributed by atoms with Crippen molar-refractivity contribution in [2.24, 2.45) is 7.05 Å². The van der Waals surface area contributed by atoms with Gasteiger partial charge in [-0.05, 0) is 43.3 Å². The Balaban J connectivity index is 1.72. The van der Waals surface area contributed by atoms with Crippen LogP contribution in [0.25, 0.3) is 22.8 Å². The van der Waals surface area contributed by atoms with Crippen molar-refractivity contribution in [2.75, 3.05) is 32.0 Å². The Morgan fingerprint density at radius 2 is 1.88 bits per heavy atom. The number of amides is 2. The zero-order valence-corrected chi connectivity index (χ0v) is 19.4. The van der Waals surface area contributed by atoms with Crippen molar-refractivity contribution in [1.29, 1.82) is 0 Å². The predicted molar refractivity (Wildman–Crippen MR) is 129 cm³/mol. The van der Waals surface area contributed by atoms with Crippen molar-refractivity contribution in [1.82, 2.24) is 24.6 Å². The highest BCUT2D eigenvalue weighted by Crippen LogP contribution is 2.37. The van der Waals surface area contributed by atoms with Gasteiger partial charge in [-0.1, -0.05) is 13.0 Å². The van der Waals surface area contributed by atoms with Crippen molar-refractivity contribution >= 4 is 29.2 Å². The second-order valence-corrected chi connectivity index (χ2v) is 8.78. The summed E-state index contributed by atoms with van der Waals surface area (Å²) >= 11 is 0. The molecule has 0 aliphatic carbocycles. The van der Waals surface area contributed by atoms with Crippen LogP contribution >= 0.6 is 0 Å². The van der Waals surface area contributed by atoms with Gasteiger partial charge in [0.15, 0.2) is 0 Å². The van der Waals surface area contributed by atoms with E-state index in [0.717, 1.165) is 53.4 Å². The fourth-order valence-corrected chi connectivity index (χ4v) is 4.59. The van der Waals surface area contributed by atoms with Gasteiger partial charge < -0.3 is 15.2 Å². The van der Waals surface area contributed by atoms with Crippen molar-refractivity contribution in [3.05, 3.63) is 58.7 Å². The maximum absolute atomic E-state index is 13.3. The van der Waals surface area contributed by atoms with Gasteiger partial charge in [-0.3, -0.25) is 19.2 Å². The van der Waals surface area contributed by atoms with Crippen molar-refractivity contribution in [2.45, 2.75) is 20.4 Å². The number of H-pyrrole nitrogens is 1. The number of nitrogens with zero attached hydrogens (tertiary/aromatic N) is 4. The van der Waals surface area contributed by atoms with Crippen molar-refractivity contribution < 1.29 is 9.59 Å². The number of fused-ring (bicyclic) bond motifs is 4. The van der Waals surface area contributed by atoms with Gasteiger partial charge in [-0.25, -0.2) is 0 Å². The quantitative estimate of drug-likeness (QED) is 0.604. The number of aromatic amines is 1. The molecule has 2 aromatic heterocycles. The second-order valence-electron chi connectivity index (χ2n) is 8.78. The molecule has 0 radical (unpaired) electrons. The van der Waals surface area contributed by atoms with E-state index in [9.17, 15) is 9.59 Å². The largest absolute Gasteiger partial charge is 0.358 e. The molecule has 1 aromatic carbocycles. The molecule has 0 saturated carbocycles. The van der Waals surface area contributed by atoms with E-state index in [1.807, 2.05) is 56.2 Å². The van der Waals surface area contributed by atoms with E-state index >= 15 is 0 Å². The normalized spacial score (nSPS) is 18.2. The molecule has 3 aromatic rings. The smallest absolute Gasteiger partial charge is 0.256 e. The maximum Gasteiger partial charge on any atom is 0.256 e. The molecule has 4 heterocycles. The Kier molecular flexibility index (Phi) is 5.17. The van der Waals surface area contributed by atoms with Crippen LogP contribution in [0.1, 0.15) is 39.9 Å². The average Bonchev–Trinajstić information content (AvgIpc) is 3.44. The second kappa shape index (κ2) is 8.04. The Labute approximate surface area is 192 Å². The first kappa shape index (κ1) is 21.2. The fraction of sp³-hybridized carbons (Fsp3) is 0.320. The summed E-state index contributed by atoms with van der Waals surface area (Å²) < 4.78 is 1.91. The molecular weight excluding hydrogens is 416 g/mol. The Bertz CT molecular complexity index is 1300. The first-order valence-corrected chi connectivity index (χ1v) is 11.2. The highest BCUT2D eigenvalue weighted by Gasteiger charge is 2.27. The molecule has 0 spiro atoms. The van der Waals surface area contributed by atoms with Crippen LogP contribution in [0.2, 0.25) is 0 Å². The summed E-state index contributed by atoms with van der Waals surface area (Å²) in [7, 11) is 3.78. The van der Waals surface area contributed by atoms with Gasteiger partial charge >= 0.3 is 0 Å². The van der Waals surface area contributed by atoms with Gasteiger partial charge in [0, 0.05) is 56.2 Å². The molecule has 170 valence electrons. The summed E-state index contributed by atoms with van der Waals surface area (Å²) in [6.07, 6.45) is 3.68. The van der Waals surface area contributed by atoms with Crippen LogP contribution in [-0.2, 0) is 18.4 Å². The third-order valence-electron chi connectivity index (χ3n) is 6.60. The average molecular weight is 445 g/mol. The number of rotatable bonds is 1. The minimum Gasteiger partial charge on any atom is -0.358 e. The predicted octanol–water partition coefficient (Wildman–Crippen LogP) is 3.12. The first-order valence-electron chi connectivity index (χ1n) is 11.2. The van der Waals surface area contributed by atoms with E-state index in [1.165, 1.54) is 0 Å². The summed E-state index contributed by atoms with van der Waals surface area (Å²) in [6, 6.07) is 7.86. The molecule has 8 heteroatoms. The Morgan fingerprint density at radius 1 is 1.06 bits per heavy atom. The number of likely N-dealkylation sites (N-methyl/N-ethyl adjacent to an activating group) is 2. The number of nitrogens with one attached hydrogen (secondary N) is 2. The summed E-state index contributed by atoms with van der Waals surface area (Å²) in [6.45, 7) is 6.96. The van der Waals surface area contributed by atoms with Crippen molar-refractivity contribution in [3.8, 4) is 11.1 Å². The van der Waals surface area contributed by atoms with E-state index in [4.69, 9.17) is 0 Å². The number of aromatic nitrogens is 3. The molecule has 0 fully saturated rings. The summed E-state index contributed by atoms with van der Waals surface area (Å²) in [5.74, 6) is -0.236. The van der Waals surface area contributed by atoms with Crippen LogP contribution in [0, 0.1) is 6.92 Å². The third-order valence-corrected chi connectivity index (χ3v) is 6.60. The number of hydrogen-bond acceptors (Lipinski definition) is 4. The van der Waals surface area contributed by atoms with Crippen molar-refractivity contribution in [3.63, 3.8) is 0 Å². The zero-order chi connectivity index (χ0) is 23.3.